The zero-order valence-corrected chi connectivity index (χ0v) is 15.4. The first kappa shape index (κ1) is 16.6. The highest BCUT2D eigenvalue weighted by molar-refractivity contribution is 7.13. The first-order chi connectivity index (χ1) is 12.1. The molecule has 0 saturated carbocycles. The molecule has 2 heterocycles. The maximum atomic E-state index is 11.2. The van der Waals surface area contributed by atoms with Crippen LogP contribution >= 0.6 is 11.3 Å². The number of carboxylic acid groups (broad SMARTS) is 1. The molecule has 130 valence electrons. The molecule has 4 heteroatoms. The number of hydrogen-bond donors (Lipinski definition) is 1. The topological polar surface area (TPSA) is 40.5 Å². The number of carboxylic acids is 1. The summed E-state index contributed by atoms with van der Waals surface area (Å²) in [6.45, 7) is 2.20. The number of rotatable bonds is 2. The van der Waals surface area contributed by atoms with E-state index in [1.165, 1.54) is 32.7 Å². The maximum Gasteiger partial charge on any atom is 0.308 e. The molecule has 1 aromatic carbocycles. The Morgan fingerprint density at radius 1 is 1.12 bits per heavy atom. The summed E-state index contributed by atoms with van der Waals surface area (Å²) in [5.41, 5.74) is 7.06. The molecule has 1 aliphatic carbocycles. The third-order valence-electron chi connectivity index (χ3n) is 5.31. The maximum absolute atomic E-state index is 11.2. The van der Waals surface area contributed by atoms with Crippen LogP contribution in [0.5, 0.6) is 0 Å². The molecule has 0 bridgehead atoms. The van der Waals surface area contributed by atoms with Crippen LogP contribution in [0.3, 0.4) is 0 Å². The Hall–Kier alpha value is -1.91. The van der Waals surface area contributed by atoms with Crippen molar-refractivity contribution in [3.05, 3.63) is 62.3 Å². The van der Waals surface area contributed by atoms with Gasteiger partial charge in [-0.2, -0.15) is 0 Å². The number of aliphatic carboxylic acids is 1. The smallest absolute Gasteiger partial charge is 0.308 e. The van der Waals surface area contributed by atoms with Crippen LogP contribution < -0.4 is 0 Å². The fraction of sp³-hybridized carbons (Fsp3) is 0.381. The molecule has 1 N–H and O–H groups in total. The number of hydrogen-bond acceptors (Lipinski definition) is 3. The Labute approximate surface area is 152 Å². The molecule has 2 aliphatic rings. The Balaban J connectivity index is 1.87. The van der Waals surface area contributed by atoms with Crippen LogP contribution in [-0.2, 0) is 24.1 Å². The van der Waals surface area contributed by atoms with Crippen molar-refractivity contribution in [1.29, 1.82) is 0 Å². The molecule has 0 radical (unpaired) electrons. The molecule has 2 aromatic rings. The highest BCUT2D eigenvalue weighted by Gasteiger charge is 2.25. The molecule has 0 atom stereocenters. The van der Waals surface area contributed by atoms with Crippen LogP contribution in [0.25, 0.3) is 5.57 Å². The average Bonchev–Trinajstić information content (AvgIpc) is 2.90. The Morgan fingerprint density at radius 3 is 2.60 bits per heavy atom. The van der Waals surface area contributed by atoms with E-state index in [2.05, 4.69) is 42.3 Å². The summed E-state index contributed by atoms with van der Waals surface area (Å²) in [7, 11) is 2.18. The summed E-state index contributed by atoms with van der Waals surface area (Å²) in [6.07, 6.45) is 4.37. The van der Waals surface area contributed by atoms with E-state index in [9.17, 15) is 9.90 Å². The molecular weight excluding hydrogens is 330 g/mol. The van der Waals surface area contributed by atoms with E-state index in [1.807, 2.05) is 0 Å². The van der Waals surface area contributed by atoms with Gasteiger partial charge in [0, 0.05) is 22.8 Å². The van der Waals surface area contributed by atoms with Gasteiger partial charge in [0.1, 0.15) is 0 Å². The van der Waals surface area contributed by atoms with Gasteiger partial charge in [-0.15, -0.1) is 11.3 Å². The molecule has 1 aromatic heterocycles. The molecule has 0 amide bonds. The molecule has 1 saturated heterocycles. The highest BCUT2D eigenvalue weighted by atomic mass is 32.1. The molecule has 1 fully saturated rings. The predicted octanol–water partition coefficient (Wildman–Crippen LogP) is 4.00. The summed E-state index contributed by atoms with van der Waals surface area (Å²) in [5, 5.41) is 9.17. The quantitative estimate of drug-likeness (QED) is 0.887. The lowest BCUT2D eigenvalue weighted by atomic mass is 9.90. The Morgan fingerprint density at radius 2 is 1.84 bits per heavy atom. The predicted molar refractivity (Wildman–Crippen MR) is 102 cm³/mol. The van der Waals surface area contributed by atoms with E-state index in [-0.39, 0.29) is 6.42 Å². The van der Waals surface area contributed by atoms with E-state index < -0.39 is 5.97 Å². The molecule has 4 rings (SSSR count). The second-order valence-electron chi connectivity index (χ2n) is 7.08. The van der Waals surface area contributed by atoms with Gasteiger partial charge in [-0.05, 0) is 61.1 Å². The fourth-order valence-corrected chi connectivity index (χ4v) is 5.29. The molecule has 25 heavy (non-hydrogen) atoms. The normalized spacial score (nSPS) is 17.8. The number of thiophene rings is 1. The van der Waals surface area contributed by atoms with Crippen LogP contribution in [0.2, 0.25) is 0 Å². The van der Waals surface area contributed by atoms with Gasteiger partial charge in [0.05, 0.1) is 6.42 Å². The standard InChI is InChI=1S/C21H23NO2S/c1-22-10-8-15(9-11-22)20-18-5-3-2-4-14(18)6-7-16-12-17(13-19(23)24)25-21(16)20/h2-5,12H,6-11,13H2,1H3,(H,23,24). The summed E-state index contributed by atoms with van der Waals surface area (Å²) >= 11 is 1.69. The van der Waals surface area contributed by atoms with Crippen LogP contribution in [0.1, 0.15) is 39.3 Å². The number of benzene rings is 1. The van der Waals surface area contributed by atoms with Crippen molar-refractivity contribution in [3.8, 4) is 0 Å². The van der Waals surface area contributed by atoms with Crippen molar-refractivity contribution < 1.29 is 9.90 Å². The number of aryl methyl sites for hydroxylation is 2. The van der Waals surface area contributed by atoms with Crippen LogP contribution in [0, 0.1) is 0 Å². The molecule has 3 nitrogen and oxygen atoms in total. The van der Waals surface area contributed by atoms with Crippen molar-refractivity contribution in [2.45, 2.75) is 32.1 Å². The molecule has 1 aliphatic heterocycles. The summed E-state index contributed by atoms with van der Waals surface area (Å²) in [5.74, 6) is -0.745. The first-order valence-corrected chi connectivity index (χ1v) is 9.76. The van der Waals surface area contributed by atoms with Crippen LogP contribution in [0.15, 0.2) is 35.9 Å². The third-order valence-corrected chi connectivity index (χ3v) is 6.50. The van der Waals surface area contributed by atoms with Gasteiger partial charge < -0.3 is 10.0 Å². The van der Waals surface area contributed by atoms with Gasteiger partial charge in [0.2, 0.25) is 0 Å². The minimum Gasteiger partial charge on any atom is -0.481 e. The average molecular weight is 353 g/mol. The van der Waals surface area contributed by atoms with Crippen LogP contribution in [-0.4, -0.2) is 36.1 Å². The Bertz CT molecular complexity index is 839. The lowest BCUT2D eigenvalue weighted by Crippen LogP contribution is -2.26. The Kier molecular flexibility index (Phi) is 4.48. The van der Waals surface area contributed by atoms with Gasteiger partial charge in [-0.3, -0.25) is 4.79 Å². The number of likely N-dealkylation sites (tertiary alicyclic amines) is 1. The van der Waals surface area contributed by atoms with Gasteiger partial charge in [0.25, 0.3) is 0 Å². The number of carbonyl (C=O) groups is 1. The molecule has 0 spiro atoms. The van der Waals surface area contributed by atoms with E-state index in [0.717, 1.165) is 43.6 Å². The van der Waals surface area contributed by atoms with E-state index >= 15 is 0 Å². The molecular formula is C21H23NO2S. The largest absolute Gasteiger partial charge is 0.481 e. The van der Waals surface area contributed by atoms with Crippen molar-refractivity contribution in [1.82, 2.24) is 4.90 Å². The van der Waals surface area contributed by atoms with Crippen molar-refractivity contribution in [2.24, 2.45) is 0 Å². The summed E-state index contributed by atoms with van der Waals surface area (Å²) in [6, 6.07) is 10.9. The zero-order valence-electron chi connectivity index (χ0n) is 14.5. The van der Waals surface area contributed by atoms with E-state index in [1.54, 1.807) is 11.3 Å². The second-order valence-corrected chi connectivity index (χ2v) is 8.21. The van der Waals surface area contributed by atoms with E-state index in [0.29, 0.717) is 0 Å². The minimum absolute atomic E-state index is 0.130. The fourth-order valence-electron chi connectivity index (χ4n) is 3.98. The van der Waals surface area contributed by atoms with Crippen molar-refractivity contribution in [3.63, 3.8) is 0 Å². The highest BCUT2D eigenvalue weighted by Crippen LogP contribution is 2.42. The number of nitrogens with zero attached hydrogens (tertiary/aromatic N) is 1. The van der Waals surface area contributed by atoms with Gasteiger partial charge >= 0.3 is 5.97 Å². The summed E-state index contributed by atoms with van der Waals surface area (Å²) in [4.78, 5) is 15.8. The monoisotopic (exact) mass is 353 g/mol. The van der Waals surface area contributed by atoms with Gasteiger partial charge in [-0.1, -0.05) is 29.8 Å². The van der Waals surface area contributed by atoms with Crippen molar-refractivity contribution in [2.75, 3.05) is 20.1 Å². The summed E-state index contributed by atoms with van der Waals surface area (Å²) < 4.78 is 0. The number of fused-ring (bicyclic) bond motifs is 2. The van der Waals surface area contributed by atoms with Crippen molar-refractivity contribution >= 4 is 22.9 Å². The number of piperidine rings is 1. The van der Waals surface area contributed by atoms with Gasteiger partial charge in [0.15, 0.2) is 0 Å². The molecule has 0 unspecified atom stereocenters. The SMILES string of the molecule is CN1CCC(=C2c3ccccc3CCc3cc(CC(=O)O)sc32)CC1. The third kappa shape index (κ3) is 3.29. The minimum atomic E-state index is -0.745. The lowest BCUT2D eigenvalue weighted by Gasteiger charge is -2.27. The lowest BCUT2D eigenvalue weighted by molar-refractivity contribution is -0.136. The first-order valence-electron chi connectivity index (χ1n) is 8.94. The van der Waals surface area contributed by atoms with E-state index in [4.69, 9.17) is 0 Å². The van der Waals surface area contributed by atoms with Crippen LogP contribution in [0.4, 0.5) is 0 Å². The zero-order chi connectivity index (χ0) is 17.4. The van der Waals surface area contributed by atoms with Gasteiger partial charge in [-0.25, -0.2) is 0 Å². The second kappa shape index (κ2) is 6.77.